The van der Waals surface area contributed by atoms with Gasteiger partial charge in [0, 0.05) is 13.1 Å². The summed E-state index contributed by atoms with van der Waals surface area (Å²) in [5, 5.41) is 1.02. The van der Waals surface area contributed by atoms with Gasteiger partial charge in [0.05, 0.1) is 28.8 Å². The summed E-state index contributed by atoms with van der Waals surface area (Å²) >= 11 is 11.9. The van der Waals surface area contributed by atoms with E-state index < -0.39 is 0 Å². The highest BCUT2D eigenvalue weighted by Crippen LogP contribution is 2.29. The van der Waals surface area contributed by atoms with Gasteiger partial charge in [0.25, 0.3) is 0 Å². The van der Waals surface area contributed by atoms with Gasteiger partial charge in [-0.25, -0.2) is 0 Å². The Kier molecular flexibility index (Phi) is 4.68. The maximum atomic E-state index is 11.2. The number of halogens is 2. The fourth-order valence-electron chi connectivity index (χ4n) is 2.12. The van der Waals surface area contributed by atoms with Crippen LogP contribution < -0.4 is 5.73 Å². The standard InChI is InChI=1S/C13H16Cl2N2O2/c1-8(13(16)18)17-4-5-19-12(7-17)9-2-3-10(14)11(15)6-9/h2-3,6,8,12H,4-5,7H2,1H3,(H2,16,18)/t8-,12-/m0/s1. The molecule has 0 aliphatic carbocycles. The number of amides is 1. The molecule has 0 bridgehead atoms. The summed E-state index contributed by atoms with van der Waals surface area (Å²) in [6.07, 6.45) is -0.120. The minimum absolute atomic E-state index is 0.120. The number of hydrogen-bond donors (Lipinski definition) is 1. The van der Waals surface area contributed by atoms with Gasteiger partial charge in [-0.1, -0.05) is 29.3 Å². The number of carbonyl (C=O) groups is 1. The molecule has 0 radical (unpaired) electrons. The van der Waals surface area contributed by atoms with Crippen molar-refractivity contribution in [2.45, 2.75) is 19.1 Å². The number of nitrogens with zero attached hydrogens (tertiary/aromatic N) is 1. The average Bonchev–Trinajstić information content (AvgIpc) is 2.41. The van der Waals surface area contributed by atoms with E-state index in [1.54, 1.807) is 19.1 Å². The predicted molar refractivity (Wildman–Crippen MR) is 75.4 cm³/mol. The third-order valence-corrected chi connectivity index (χ3v) is 4.11. The summed E-state index contributed by atoms with van der Waals surface area (Å²) in [4.78, 5) is 13.3. The lowest BCUT2D eigenvalue weighted by Crippen LogP contribution is -2.48. The number of nitrogens with two attached hydrogens (primary N) is 1. The zero-order valence-electron chi connectivity index (χ0n) is 10.6. The van der Waals surface area contributed by atoms with Crippen molar-refractivity contribution in [2.24, 2.45) is 5.73 Å². The van der Waals surface area contributed by atoms with Crippen molar-refractivity contribution in [1.29, 1.82) is 0 Å². The summed E-state index contributed by atoms with van der Waals surface area (Å²) < 4.78 is 5.72. The van der Waals surface area contributed by atoms with Gasteiger partial charge in [0.2, 0.25) is 5.91 Å². The van der Waals surface area contributed by atoms with Gasteiger partial charge in [-0.3, -0.25) is 9.69 Å². The second kappa shape index (κ2) is 6.09. The van der Waals surface area contributed by atoms with E-state index in [-0.39, 0.29) is 18.1 Å². The van der Waals surface area contributed by atoms with Crippen LogP contribution in [0.25, 0.3) is 0 Å². The SMILES string of the molecule is C[C@@H](C(N)=O)N1CCO[C@H](c2ccc(Cl)c(Cl)c2)C1. The van der Waals surface area contributed by atoms with Crippen LogP contribution in [0.3, 0.4) is 0 Å². The van der Waals surface area contributed by atoms with Gasteiger partial charge in [0.1, 0.15) is 0 Å². The van der Waals surface area contributed by atoms with E-state index >= 15 is 0 Å². The molecule has 2 rings (SSSR count). The van der Waals surface area contributed by atoms with Crippen molar-refractivity contribution in [1.82, 2.24) is 4.90 Å². The van der Waals surface area contributed by atoms with Crippen LogP contribution in [-0.2, 0) is 9.53 Å². The molecule has 1 aromatic carbocycles. The van der Waals surface area contributed by atoms with Gasteiger partial charge in [-0.2, -0.15) is 0 Å². The van der Waals surface area contributed by atoms with E-state index in [2.05, 4.69) is 0 Å². The molecule has 0 spiro atoms. The summed E-state index contributed by atoms with van der Waals surface area (Å²) in [5.41, 5.74) is 6.29. The Bertz CT molecular complexity index is 482. The molecular formula is C13H16Cl2N2O2. The highest BCUT2D eigenvalue weighted by Gasteiger charge is 2.27. The first-order valence-corrected chi connectivity index (χ1v) is 6.84. The fraction of sp³-hybridized carbons (Fsp3) is 0.462. The molecule has 4 nitrogen and oxygen atoms in total. The first-order valence-electron chi connectivity index (χ1n) is 6.09. The molecule has 0 unspecified atom stereocenters. The van der Waals surface area contributed by atoms with E-state index in [1.165, 1.54) is 0 Å². The topological polar surface area (TPSA) is 55.6 Å². The predicted octanol–water partition coefficient (Wildman–Crippen LogP) is 2.24. The number of hydrogen-bond acceptors (Lipinski definition) is 3. The molecule has 1 saturated heterocycles. The Morgan fingerprint density at radius 3 is 2.84 bits per heavy atom. The second-order valence-electron chi connectivity index (χ2n) is 4.61. The van der Waals surface area contributed by atoms with Gasteiger partial charge in [0.15, 0.2) is 0 Å². The van der Waals surface area contributed by atoms with Crippen LogP contribution in [0.15, 0.2) is 18.2 Å². The molecule has 1 aliphatic heterocycles. The molecule has 1 amide bonds. The molecule has 2 atom stereocenters. The zero-order valence-corrected chi connectivity index (χ0v) is 12.1. The lowest BCUT2D eigenvalue weighted by molar-refractivity contribution is -0.126. The Balaban J connectivity index is 2.12. The third-order valence-electron chi connectivity index (χ3n) is 3.37. The summed E-state index contributed by atoms with van der Waals surface area (Å²) in [6.45, 7) is 3.67. The van der Waals surface area contributed by atoms with E-state index in [1.807, 2.05) is 11.0 Å². The van der Waals surface area contributed by atoms with Crippen LogP contribution in [0.5, 0.6) is 0 Å². The number of ether oxygens (including phenoxy) is 1. The largest absolute Gasteiger partial charge is 0.371 e. The normalized spacial score (nSPS) is 22.2. The second-order valence-corrected chi connectivity index (χ2v) is 5.42. The van der Waals surface area contributed by atoms with Gasteiger partial charge >= 0.3 is 0 Å². The molecule has 1 aliphatic rings. The maximum absolute atomic E-state index is 11.2. The molecule has 0 aromatic heterocycles. The van der Waals surface area contributed by atoms with Crippen molar-refractivity contribution in [3.63, 3.8) is 0 Å². The summed E-state index contributed by atoms with van der Waals surface area (Å²) in [5.74, 6) is -0.324. The molecule has 104 valence electrons. The number of carbonyl (C=O) groups excluding carboxylic acids is 1. The number of rotatable bonds is 3. The smallest absolute Gasteiger partial charge is 0.234 e. The summed E-state index contributed by atoms with van der Waals surface area (Å²) in [6, 6.07) is 5.14. The summed E-state index contributed by atoms with van der Waals surface area (Å²) in [7, 11) is 0. The molecule has 1 aromatic rings. The molecular weight excluding hydrogens is 287 g/mol. The van der Waals surface area contributed by atoms with Gasteiger partial charge < -0.3 is 10.5 Å². The zero-order chi connectivity index (χ0) is 14.0. The van der Waals surface area contributed by atoms with Crippen molar-refractivity contribution >= 4 is 29.1 Å². The van der Waals surface area contributed by atoms with Crippen LogP contribution in [0.2, 0.25) is 10.0 Å². The Morgan fingerprint density at radius 2 is 2.21 bits per heavy atom. The molecule has 1 heterocycles. The highest BCUT2D eigenvalue weighted by atomic mass is 35.5. The lowest BCUT2D eigenvalue weighted by atomic mass is 10.1. The maximum Gasteiger partial charge on any atom is 0.234 e. The van der Waals surface area contributed by atoms with Crippen molar-refractivity contribution in [2.75, 3.05) is 19.7 Å². The van der Waals surface area contributed by atoms with Crippen molar-refractivity contribution in [3.05, 3.63) is 33.8 Å². The number of morpholine rings is 1. The van der Waals surface area contributed by atoms with E-state index in [0.29, 0.717) is 29.7 Å². The highest BCUT2D eigenvalue weighted by molar-refractivity contribution is 6.42. The van der Waals surface area contributed by atoms with Crippen LogP contribution in [0, 0.1) is 0 Å². The molecule has 19 heavy (non-hydrogen) atoms. The fourth-order valence-corrected chi connectivity index (χ4v) is 2.42. The third kappa shape index (κ3) is 3.39. The molecule has 2 N–H and O–H groups in total. The average molecular weight is 303 g/mol. The Hall–Kier alpha value is -0.810. The van der Waals surface area contributed by atoms with E-state index in [9.17, 15) is 4.79 Å². The van der Waals surface area contributed by atoms with E-state index in [0.717, 1.165) is 5.56 Å². The monoisotopic (exact) mass is 302 g/mol. The quantitative estimate of drug-likeness (QED) is 0.931. The van der Waals surface area contributed by atoms with Gasteiger partial charge in [-0.05, 0) is 24.6 Å². The number of primary amides is 1. The van der Waals surface area contributed by atoms with Crippen molar-refractivity contribution in [3.8, 4) is 0 Å². The number of benzene rings is 1. The van der Waals surface area contributed by atoms with Crippen LogP contribution in [0.1, 0.15) is 18.6 Å². The lowest BCUT2D eigenvalue weighted by Gasteiger charge is -2.35. The van der Waals surface area contributed by atoms with Crippen LogP contribution in [-0.4, -0.2) is 36.5 Å². The van der Waals surface area contributed by atoms with E-state index in [4.69, 9.17) is 33.7 Å². The molecule has 1 fully saturated rings. The first-order chi connectivity index (χ1) is 8.99. The van der Waals surface area contributed by atoms with Crippen molar-refractivity contribution < 1.29 is 9.53 Å². The van der Waals surface area contributed by atoms with Gasteiger partial charge in [-0.15, -0.1) is 0 Å². The van der Waals surface area contributed by atoms with Crippen LogP contribution >= 0.6 is 23.2 Å². The Morgan fingerprint density at radius 1 is 1.47 bits per heavy atom. The molecule has 0 saturated carbocycles. The van der Waals surface area contributed by atoms with Crippen LogP contribution in [0.4, 0.5) is 0 Å². The first kappa shape index (κ1) is 14.6. The Labute approximate surface area is 122 Å². The minimum atomic E-state index is -0.324. The molecule has 6 heteroatoms. The minimum Gasteiger partial charge on any atom is -0.371 e.